The number of methoxy groups -OCH3 is 1. The third kappa shape index (κ3) is 3.30. The molecule has 27 heavy (non-hydrogen) atoms. The van der Waals surface area contributed by atoms with Crippen molar-refractivity contribution in [1.29, 1.82) is 0 Å². The summed E-state index contributed by atoms with van der Waals surface area (Å²) in [6.45, 7) is 4.52. The summed E-state index contributed by atoms with van der Waals surface area (Å²) < 4.78 is 13.3. The molecule has 0 spiro atoms. The molecular formula is C21H22N4O2. The van der Waals surface area contributed by atoms with Crippen molar-refractivity contribution in [3.05, 3.63) is 59.5 Å². The van der Waals surface area contributed by atoms with Crippen molar-refractivity contribution >= 4 is 16.7 Å². The van der Waals surface area contributed by atoms with Crippen LogP contribution in [0.3, 0.4) is 0 Å². The first-order valence-corrected chi connectivity index (χ1v) is 9.04. The summed E-state index contributed by atoms with van der Waals surface area (Å²) in [5.74, 6) is 2.00. The number of rotatable bonds is 6. The van der Waals surface area contributed by atoms with Gasteiger partial charge in [-0.1, -0.05) is 30.3 Å². The predicted octanol–water partition coefficient (Wildman–Crippen LogP) is 3.91. The number of hydrogen-bond acceptors (Lipinski definition) is 5. The van der Waals surface area contributed by atoms with Crippen LogP contribution in [0.15, 0.2) is 42.5 Å². The van der Waals surface area contributed by atoms with Crippen LogP contribution in [0.25, 0.3) is 16.7 Å². The fraction of sp³-hybridized carbons (Fsp3) is 0.286. The highest BCUT2D eigenvalue weighted by atomic mass is 16.5. The van der Waals surface area contributed by atoms with E-state index in [0.717, 1.165) is 41.0 Å². The molecule has 6 heteroatoms. The molecule has 0 bridgehead atoms. The van der Waals surface area contributed by atoms with Gasteiger partial charge in [-0.05, 0) is 38.3 Å². The highest BCUT2D eigenvalue weighted by molar-refractivity contribution is 5.79. The molecule has 4 rings (SSSR count). The lowest BCUT2D eigenvalue weighted by molar-refractivity contribution is 0.303. The fourth-order valence-electron chi connectivity index (χ4n) is 3.32. The Morgan fingerprint density at radius 2 is 1.78 bits per heavy atom. The van der Waals surface area contributed by atoms with Crippen molar-refractivity contribution < 1.29 is 9.47 Å². The molecule has 0 saturated carbocycles. The van der Waals surface area contributed by atoms with Crippen LogP contribution in [0.4, 0.5) is 0 Å². The second-order valence-corrected chi connectivity index (χ2v) is 6.48. The van der Waals surface area contributed by atoms with Crippen LogP contribution < -0.4 is 9.47 Å². The second kappa shape index (κ2) is 7.23. The molecule has 138 valence electrons. The summed E-state index contributed by atoms with van der Waals surface area (Å²) in [7, 11) is 1.61. The third-order valence-corrected chi connectivity index (χ3v) is 4.59. The van der Waals surface area contributed by atoms with Gasteiger partial charge in [0.05, 0.1) is 19.4 Å². The maximum atomic E-state index is 6.07. The molecule has 0 fully saturated rings. The molecule has 3 heterocycles. The summed E-state index contributed by atoms with van der Waals surface area (Å²) in [4.78, 5) is 13.8. The van der Waals surface area contributed by atoms with Gasteiger partial charge in [-0.2, -0.15) is 4.98 Å². The third-order valence-electron chi connectivity index (χ3n) is 4.59. The molecule has 0 N–H and O–H groups in total. The normalized spacial score (nSPS) is 11.2. The Morgan fingerprint density at radius 3 is 2.56 bits per heavy atom. The van der Waals surface area contributed by atoms with Crippen molar-refractivity contribution in [3.63, 3.8) is 0 Å². The first kappa shape index (κ1) is 17.3. The number of pyridine rings is 1. The summed E-state index contributed by atoms with van der Waals surface area (Å²) in [6, 6.07) is 14.1. The van der Waals surface area contributed by atoms with Gasteiger partial charge in [0.15, 0.2) is 5.65 Å². The van der Waals surface area contributed by atoms with E-state index in [0.29, 0.717) is 18.4 Å². The second-order valence-electron chi connectivity index (χ2n) is 6.48. The Bertz CT molecular complexity index is 1090. The lowest BCUT2D eigenvalue weighted by Gasteiger charge is -2.11. The first-order chi connectivity index (χ1) is 13.2. The molecular weight excluding hydrogens is 340 g/mol. The van der Waals surface area contributed by atoms with E-state index in [2.05, 4.69) is 34.2 Å². The maximum absolute atomic E-state index is 6.07. The lowest BCUT2D eigenvalue weighted by Crippen LogP contribution is -2.05. The van der Waals surface area contributed by atoms with Crippen molar-refractivity contribution in [2.24, 2.45) is 0 Å². The Balaban J connectivity index is 1.65. The molecule has 0 aliphatic rings. The van der Waals surface area contributed by atoms with Gasteiger partial charge in [0.25, 0.3) is 0 Å². The Morgan fingerprint density at radius 1 is 0.963 bits per heavy atom. The fourth-order valence-corrected chi connectivity index (χ4v) is 3.32. The quantitative estimate of drug-likeness (QED) is 0.487. The van der Waals surface area contributed by atoms with Gasteiger partial charge in [0.1, 0.15) is 16.9 Å². The SMILES string of the molecule is COc1ccc2nc(OCCCc3ccccc3)c3c(C)nc(C)n3c2n1. The molecule has 0 unspecified atom stereocenters. The van der Waals surface area contributed by atoms with Crippen LogP contribution in [0.5, 0.6) is 11.8 Å². The number of ether oxygens (including phenoxy) is 2. The molecule has 6 nitrogen and oxygen atoms in total. The maximum Gasteiger partial charge on any atom is 0.241 e. The monoisotopic (exact) mass is 362 g/mol. The van der Waals surface area contributed by atoms with E-state index < -0.39 is 0 Å². The van der Waals surface area contributed by atoms with Gasteiger partial charge in [-0.15, -0.1) is 0 Å². The molecule has 0 aliphatic carbocycles. The van der Waals surface area contributed by atoms with E-state index >= 15 is 0 Å². The van der Waals surface area contributed by atoms with Gasteiger partial charge >= 0.3 is 0 Å². The number of aryl methyl sites for hydroxylation is 3. The van der Waals surface area contributed by atoms with Crippen LogP contribution in [0.2, 0.25) is 0 Å². The van der Waals surface area contributed by atoms with Crippen LogP contribution in [0, 0.1) is 13.8 Å². The molecule has 0 radical (unpaired) electrons. The van der Waals surface area contributed by atoms with Crippen LogP contribution in [-0.4, -0.2) is 33.1 Å². The van der Waals surface area contributed by atoms with E-state index in [1.54, 1.807) is 13.2 Å². The van der Waals surface area contributed by atoms with Gasteiger partial charge in [0.2, 0.25) is 11.8 Å². The van der Waals surface area contributed by atoms with E-state index in [9.17, 15) is 0 Å². The summed E-state index contributed by atoms with van der Waals surface area (Å²) in [6.07, 6.45) is 1.89. The van der Waals surface area contributed by atoms with E-state index in [-0.39, 0.29) is 0 Å². The van der Waals surface area contributed by atoms with Crippen molar-refractivity contribution in [1.82, 2.24) is 19.4 Å². The molecule has 0 saturated heterocycles. The largest absolute Gasteiger partial charge is 0.481 e. The highest BCUT2D eigenvalue weighted by Crippen LogP contribution is 2.28. The predicted molar refractivity (Wildman–Crippen MR) is 105 cm³/mol. The number of fused-ring (bicyclic) bond motifs is 3. The van der Waals surface area contributed by atoms with Crippen molar-refractivity contribution in [3.8, 4) is 11.8 Å². The zero-order valence-corrected chi connectivity index (χ0v) is 15.8. The highest BCUT2D eigenvalue weighted by Gasteiger charge is 2.17. The topological polar surface area (TPSA) is 61.5 Å². The lowest BCUT2D eigenvalue weighted by atomic mass is 10.1. The standard InChI is InChI=1S/C21H22N4O2/c1-14-19-21(27-13-7-10-16-8-5-4-6-9-16)23-17-11-12-18(26-3)24-20(17)25(19)15(2)22-14/h4-6,8-9,11-12H,7,10,13H2,1-3H3. The number of imidazole rings is 1. The number of nitrogens with zero attached hydrogens (tertiary/aromatic N) is 4. The molecule has 0 aliphatic heterocycles. The van der Waals surface area contributed by atoms with Gasteiger partial charge in [0, 0.05) is 6.07 Å². The average Bonchev–Trinajstić information content (AvgIpc) is 3.00. The Kier molecular flexibility index (Phi) is 4.62. The zero-order valence-electron chi connectivity index (χ0n) is 15.8. The molecule has 0 amide bonds. The summed E-state index contributed by atoms with van der Waals surface area (Å²) in [5.41, 5.74) is 4.52. The Hall–Kier alpha value is -3.15. The van der Waals surface area contributed by atoms with Crippen LogP contribution in [0.1, 0.15) is 23.5 Å². The average molecular weight is 362 g/mol. The van der Waals surface area contributed by atoms with E-state index in [1.165, 1.54) is 5.56 Å². The van der Waals surface area contributed by atoms with E-state index in [1.807, 2.05) is 30.4 Å². The van der Waals surface area contributed by atoms with Crippen molar-refractivity contribution in [2.45, 2.75) is 26.7 Å². The minimum Gasteiger partial charge on any atom is -0.481 e. The first-order valence-electron chi connectivity index (χ1n) is 9.04. The number of benzene rings is 1. The van der Waals surface area contributed by atoms with Crippen LogP contribution >= 0.6 is 0 Å². The van der Waals surface area contributed by atoms with Gasteiger partial charge in [-0.25, -0.2) is 9.97 Å². The molecule has 0 atom stereocenters. The van der Waals surface area contributed by atoms with Crippen LogP contribution in [-0.2, 0) is 6.42 Å². The molecule has 4 aromatic rings. The van der Waals surface area contributed by atoms with Gasteiger partial charge < -0.3 is 9.47 Å². The molecule has 3 aromatic heterocycles. The smallest absolute Gasteiger partial charge is 0.241 e. The summed E-state index contributed by atoms with van der Waals surface area (Å²) in [5, 5.41) is 0. The Labute approximate surface area is 157 Å². The number of hydrogen-bond donors (Lipinski definition) is 0. The number of aromatic nitrogens is 4. The van der Waals surface area contributed by atoms with Gasteiger partial charge in [-0.3, -0.25) is 4.40 Å². The minimum atomic E-state index is 0.549. The minimum absolute atomic E-state index is 0.549. The zero-order chi connectivity index (χ0) is 18.8. The summed E-state index contributed by atoms with van der Waals surface area (Å²) >= 11 is 0. The van der Waals surface area contributed by atoms with Crippen molar-refractivity contribution in [2.75, 3.05) is 13.7 Å². The molecule has 1 aromatic carbocycles. The van der Waals surface area contributed by atoms with E-state index in [4.69, 9.17) is 14.5 Å².